The van der Waals surface area contributed by atoms with Gasteiger partial charge in [0.15, 0.2) is 5.60 Å². The molecule has 0 N–H and O–H groups in total. The molecular weight excluding hydrogens is 295 g/mol. The van der Waals surface area contributed by atoms with Crippen LogP contribution in [0.4, 0.5) is 4.79 Å². The predicted molar refractivity (Wildman–Crippen MR) is 59.8 cm³/mol. The molecule has 1 aliphatic heterocycles. The van der Waals surface area contributed by atoms with E-state index in [1.807, 2.05) is 25.1 Å². The van der Waals surface area contributed by atoms with Gasteiger partial charge >= 0.3 is 6.16 Å². The molecule has 74 valence electrons. The molecule has 1 heterocycles. The molecule has 0 amide bonds. The third-order valence-electron chi connectivity index (χ3n) is 2.21. The molecule has 2 rings (SSSR count). The van der Waals surface area contributed by atoms with Gasteiger partial charge in [0.05, 0.1) is 0 Å². The first-order chi connectivity index (χ1) is 6.65. The molecule has 0 saturated heterocycles. The second-order valence-corrected chi connectivity index (χ2v) is 4.08. The van der Waals surface area contributed by atoms with Crippen LogP contribution in [0.1, 0.15) is 12.5 Å². The predicted octanol–water partition coefficient (Wildman–Crippen LogP) is 2.87. The van der Waals surface area contributed by atoms with Gasteiger partial charge in [-0.2, -0.15) is 0 Å². The number of rotatable bonds is 1. The van der Waals surface area contributed by atoms with E-state index in [1.54, 1.807) is 6.07 Å². The van der Waals surface area contributed by atoms with Gasteiger partial charge in [-0.15, -0.1) is 0 Å². The second kappa shape index (κ2) is 3.42. The Balaban J connectivity index is 2.54. The molecule has 0 spiro atoms. The van der Waals surface area contributed by atoms with Crippen molar-refractivity contribution in [2.45, 2.75) is 12.5 Å². The van der Waals surface area contributed by atoms with Crippen LogP contribution < -0.4 is 4.74 Å². The van der Waals surface area contributed by atoms with Gasteiger partial charge < -0.3 is 9.47 Å². The van der Waals surface area contributed by atoms with Crippen molar-refractivity contribution in [2.24, 2.45) is 0 Å². The first kappa shape index (κ1) is 9.76. The third-order valence-corrected chi connectivity index (χ3v) is 3.67. The highest BCUT2D eigenvalue weighted by Crippen LogP contribution is 2.38. The van der Waals surface area contributed by atoms with E-state index < -0.39 is 11.8 Å². The summed E-state index contributed by atoms with van der Waals surface area (Å²) in [5, 5.41) is 0. The van der Waals surface area contributed by atoms with Crippen molar-refractivity contribution in [3.8, 4) is 5.75 Å². The summed E-state index contributed by atoms with van der Waals surface area (Å²) >= 11 is 2.20. The number of hydrogen-bond donors (Lipinski definition) is 0. The Kier molecular flexibility index (Phi) is 2.38. The van der Waals surface area contributed by atoms with Gasteiger partial charge in [-0.3, -0.25) is 0 Å². The molecular formula is C10H9IO3. The normalized spacial score (nSPS) is 24.9. The van der Waals surface area contributed by atoms with Crippen LogP contribution in [0.3, 0.4) is 0 Å². The van der Waals surface area contributed by atoms with Gasteiger partial charge in [0, 0.05) is 9.99 Å². The SMILES string of the molecule is CC1(CI)OC(=O)Oc2ccccc21. The van der Waals surface area contributed by atoms with Gasteiger partial charge in [-0.25, -0.2) is 4.79 Å². The summed E-state index contributed by atoms with van der Waals surface area (Å²) in [6, 6.07) is 7.44. The van der Waals surface area contributed by atoms with Crippen LogP contribution in [0.25, 0.3) is 0 Å². The van der Waals surface area contributed by atoms with E-state index in [1.165, 1.54) is 0 Å². The lowest BCUT2D eigenvalue weighted by atomic mass is 9.96. The Bertz CT molecular complexity index is 377. The number of hydrogen-bond acceptors (Lipinski definition) is 3. The fraction of sp³-hybridized carbons (Fsp3) is 0.300. The van der Waals surface area contributed by atoms with Crippen LogP contribution >= 0.6 is 22.6 Å². The first-order valence-corrected chi connectivity index (χ1v) is 5.74. The van der Waals surface area contributed by atoms with Crippen molar-refractivity contribution >= 4 is 28.7 Å². The molecule has 14 heavy (non-hydrogen) atoms. The quantitative estimate of drug-likeness (QED) is 0.346. The van der Waals surface area contributed by atoms with Crippen molar-refractivity contribution < 1.29 is 14.3 Å². The number of para-hydroxylation sites is 1. The molecule has 1 unspecified atom stereocenters. The van der Waals surface area contributed by atoms with Crippen LogP contribution in [0, 0.1) is 0 Å². The van der Waals surface area contributed by atoms with Gasteiger partial charge in [0.25, 0.3) is 0 Å². The lowest BCUT2D eigenvalue weighted by Crippen LogP contribution is -2.36. The second-order valence-electron chi connectivity index (χ2n) is 3.31. The van der Waals surface area contributed by atoms with Crippen LogP contribution in [0.5, 0.6) is 5.75 Å². The van der Waals surface area contributed by atoms with Crippen molar-refractivity contribution in [1.82, 2.24) is 0 Å². The van der Waals surface area contributed by atoms with E-state index >= 15 is 0 Å². The van der Waals surface area contributed by atoms with E-state index in [0.717, 1.165) is 5.56 Å². The van der Waals surface area contributed by atoms with Crippen molar-refractivity contribution in [3.63, 3.8) is 0 Å². The van der Waals surface area contributed by atoms with E-state index in [2.05, 4.69) is 22.6 Å². The fourth-order valence-electron chi connectivity index (χ4n) is 1.44. The van der Waals surface area contributed by atoms with E-state index in [0.29, 0.717) is 10.2 Å². The first-order valence-electron chi connectivity index (χ1n) is 4.22. The summed E-state index contributed by atoms with van der Waals surface area (Å²) in [5.74, 6) is 0.600. The molecule has 0 fully saturated rings. The van der Waals surface area contributed by atoms with Gasteiger partial charge in [-0.1, -0.05) is 40.8 Å². The topological polar surface area (TPSA) is 35.5 Å². The Morgan fingerprint density at radius 2 is 2.14 bits per heavy atom. The lowest BCUT2D eigenvalue weighted by Gasteiger charge is -2.32. The molecule has 0 bridgehead atoms. The van der Waals surface area contributed by atoms with Crippen molar-refractivity contribution in [1.29, 1.82) is 0 Å². The fourth-order valence-corrected chi connectivity index (χ4v) is 2.01. The number of fused-ring (bicyclic) bond motifs is 1. The maximum Gasteiger partial charge on any atom is 0.514 e. The lowest BCUT2D eigenvalue weighted by molar-refractivity contribution is -0.00611. The highest BCUT2D eigenvalue weighted by atomic mass is 127. The maximum atomic E-state index is 11.2. The maximum absolute atomic E-state index is 11.2. The minimum Gasteiger partial charge on any atom is -0.422 e. The minimum absolute atomic E-state index is 0.563. The van der Waals surface area contributed by atoms with Crippen LogP contribution in [0.15, 0.2) is 24.3 Å². The number of halogens is 1. The molecule has 1 aromatic carbocycles. The number of ether oxygens (including phenoxy) is 2. The zero-order valence-electron chi connectivity index (χ0n) is 7.62. The standard InChI is InChI=1S/C10H9IO3/c1-10(6-11)7-4-2-3-5-8(7)13-9(12)14-10/h2-5H,6H2,1H3. The van der Waals surface area contributed by atoms with Gasteiger partial charge in [0.2, 0.25) is 0 Å². The summed E-state index contributed by atoms with van der Waals surface area (Å²) in [5.41, 5.74) is 0.362. The van der Waals surface area contributed by atoms with Crippen LogP contribution in [-0.4, -0.2) is 10.6 Å². The zero-order valence-corrected chi connectivity index (χ0v) is 9.78. The van der Waals surface area contributed by atoms with Crippen molar-refractivity contribution in [3.05, 3.63) is 29.8 Å². The Morgan fingerprint density at radius 3 is 2.86 bits per heavy atom. The number of cyclic esters (lactones) is 1. The third kappa shape index (κ3) is 1.47. The summed E-state index contributed by atoms with van der Waals surface area (Å²) in [6.45, 7) is 1.89. The molecule has 1 aromatic rings. The summed E-state index contributed by atoms with van der Waals surface area (Å²) in [4.78, 5) is 11.2. The highest BCUT2D eigenvalue weighted by Gasteiger charge is 2.38. The summed E-state index contributed by atoms with van der Waals surface area (Å²) in [6.07, 6.45) is -0.622. The monoisotopic (exact) mass is 304 g/mol. The molecule has 0 aromatic heterocycles. The highest BCUT2D eigenvalue weighted by molar-refractivity contribution is 14.1. The van der Waals surface area contributed by atoms with Crippen LogP contribution in [0.2, 0.25) is 0 Å². The average molecular weight is 304 g/mol. The smallest absolute Gasteiger partial charge is 0.422 e. The molecule has 4 heteroatoms. The molecule has 1 atom stereocenters. The average Bonchev–Trinajstić information content (AvgIpc) is 2.17. The molecule has 0 radical (unpaired) electrons. The van der Waals surface area contributed by atoms with E-state index in [4.69, 9.17) is 9.47 Å². The summed E-state index contributed by atoms with van der Waals surface area (Å²) < 4.78 is 10.9. The van der Waals surface area contributed by atoms with Gasteiger partial charge in [-0.05, 0) is 13.0 Å². The Labute approximate surface area is 95.5 Å². The molecule has 0 saturated carbocycles. The summed E-state index contributed by atoms with van der Waals surface area (Å²) in [7, 11) is 0. The minimum atomic E-state index is -0.622. The largest absolute Gasteiger partial charge is 0.514 e. The number of carbonyl (C=O) groups is 1. The van der Waals surface area contributed by atoms with Gasteiger partial charge in [0.1, 0.15) is 5.75 Å². The van der Waals surface area contributed by atoms with E-state index in [-0.39, 0.29) is 0 Å². The Morgan fingerprint density at radius 1 is 1.43 bits per heavy atom. The van der Waals surface area contributed by atoms with Crippen molar-refractivity contribution in [2.75, 3.05) is 4.43 Å². The van der Waals surface area contributed by atoms with E-state index in [9.17, 15) is 4.79 Å². The molecule has 1 aliphatic rings. The Hall–Kier alpha value is -0.780. The zero-order chi connectivity index (χ0) is 10.2. The molecule has 0 aliphatic carbocycles. The van der Waals surface area contributed by atoms with Crippen LogP contribution in [-0.2, 0) is 10.3 Å². The number of alkyl halides is 1. The number of carbonyl (C=O) groups excluding carboxylic acids is 1. The molecule has 3 nitrogen and oxygen atoms in total. The number of benzene rings is 1.